The lowest BCUT2D eigenvalue weighted by Crippen LogP contribution is -1.87. The zero-order chi connectivity index (χ0) is 13.2. The van der Waals surface area contributed by atoms with Gasteiger partial charge in [-0.2, -0.15) is 4.37 Å². The number of fused-ring (bicyclic) bond motifs is 1. The largest absolute Gasteiger partial charge is 0.399 e. The molecule has 0 fully saturated rings. The molecular formula is C13H12N4S2. The van der Waals surface area contributed by atoms with Crippen molar-refractivity contribution in [3.63, 3.8) is 0 Å². The Labute approximate surface area is 119 Å². The average molecular weight is 288 g/mol. The molecule has 0 aliphatic rings. The van der Waals surface area contributed by atoms with Crippen LogP contribution in [-0.4, -0.2) is 14.3 Å². The Morgan fingerprint density at radius 3 is 2.89 bits per heavy atom. The minimum atomic E-state index is 0.756. The number of nitrogens with zero attached hydrogens (tertiary/aromatic N) is 3. The summed E-state index contributed by atoms with van der Waals surface area (Å²) in [6, 6.07) is 9.75. The smallest absolute Gasteiger partial charge is 0.176 e. The maximum Gasteiger partial charge on any atom is 0.176 e. The summed E-state index contributed by atoms with van der Waals surface area (Å²) in [5.41, 5.74) is 7.45. The number of rotatable bonds is 3. The number of nitrogen functional groups attached to an aromatic ring is 1. The zero-order valence-corrected chi connectivity index (χ0v) is 12.0. The minimum Gasteiger partial charge on any atom is -0.399 e. The molecule has 0 radical (unpaired) electrons. The lowest BCUT2D eigenvalue weighted by molar-refractivity contribution is 0.970. The molecule has 0 saturated carbocycles. The van der Waals surface area contributed by atoms with Crippen molar-refractivity contribution in [3.8, 4) is 0 Å². The fourth-order valence-corrected chi connectivity index (χ4v) is 3.32. The van der Waals surface area contributed by atoms with Gasteiger partial charge in [0.1, 0.15) is 10.9 Å². The number of aryl methyl sites for hydroxylation is 1. The van der Waals surface area contributed by atoms with Gasteiger partial charge in [0.05, 0.1) is 5.52 Å². The molecule has 0 aliphatic heterocycles. The number of aromatic nitrogens is 3. The van der Waals surface area contributed by atoms with Crippen LogP contribution < -0.4 is 5.73 Å². The summed E-state index contributed by atoms with van der Waals surface area (Å²) in [6.45, 7) is 2.05. The summed E-state index contributed by atoms with van der Waals surface area (Å²) in [6.07, 6.45) is 0.863. The van der Waals surface area contributed by atoms with Crippen LogP contribution in [0.25, 0.3) is 10.9 Å². The van der Waals surface area contributed by atoms with Crippen molar-refractivity contribution >= 4 is 39.9 Å². The van der Waals surface area contributed by atoms with E-state index in [4.69, 9.17) is 5.73 Å². The van der Waals surface area contributed by atoms with Crippen molar-refractivity contribution in [3.05, 3.63) is 36.2 Å². The first-order valence-corrected chi connectivity index (χ1v) is 7.50. The molecule has 4 nitrogen and oxygen atoms in total. The second-order valence-electron chi connectivity index (χ2n) is 4.03. The predicted molar refractivity (Wildman–Crippen MR) is 79.6 cm³/mol. The third-order valence-electron chi connectivity index (χ3n) is 2.65. The SMILES string of the molecule is CCc1nsc(Sc2ccc3cc(N)ccc3n2)n1. The fourth-order valence-electron chi connectivity index (χ4n) is 1.69. The molecule has 3 rings (SSSR count). The molecule has 0 saturated heterocycles. The van der Waals surface area contributed by atoms with E-state index in [-0.39, 0.29) is 0 Å². The normalized spacial score (nSPS) is 11.0. The highest BCUT2D eigenvalue weighted by molar-refractivity contribution is 8.00. The van der Waals surface area contributed by atoms with Crippen LogP contribution in [0, 0.1) is 0 Å². The quantitative estimate of drug-likeness (QED) is 0.748. The Morgan fingerprint density at radius 1 is 1.21 bits per heavy atom. The van der Waals surface area contributed by atoms with Gasteiger partial charge < -0.3 is 5.73 Å². The van der Waals surface area contributed by atoms with E-state index in [1.807, 2.05) is 30.3 Å². The van der Waals surface area contributed by atoms with E-state index in [1.165, 1.54) is 11.5 Å². The van der Waals surface area contributed by atoms with Gasteiger partial charge in [0.25, 0.3) is 0 Å². The van der Waals surface area contributed by atoms with E-state index in [2.05, 4.69) is 21.3 Å². The third-order valence-corrected chi connectivity index (χ3v) is 4.37. The highest BCUT2D eigenvalue weighted by Crippen LogP contribution is 2.29. The molecule has 0 unspecified atom stereocenters. The Hall–Kier alpha value is -1.66. The molecule has 2 heterocycles. The summed E-state index contributed by atoms with van der Waals surface area (Å²) >= 11 is 2.96. The molecule has 3 aromatic rings. The van der Waals surface area contributed by atoms with Crippen LogP contribution in [0.5, 0.6) is 0 Å². The second kappa shape index (κ2) is 5.14. The second-order valence-corrected chi connectivity index (χ2v) is 6.05. The lowest BCUT2D eigenvalue weighted by atomic mass is 10.2. The van der Waals surface area contributed by atoms with Crippen LogP contribution in [0.15, 0.2) is 39.7 Å². The monoisotopic (exact) mass is 288 g/mol. The Kier molecular flexibility index (Phi) is 3.35. The van der Waals surface area contributed by atoms with Gasteiger partial charge in [0.2, 0.25) is 0 Å². The summed E-state index contributed by atoms with van der Waals surface area (Å²) in [5, 5.41) is 1.98. The van der Waals surface area contributed by atoms with Gasteiger partial charge >= 0.3 is 0 Å². The highest BCUT2D eigenvalue weighted by Gasteiger charge is 2.06. The third kappa shape index (κ3) is 2.69. The Morgan fingerprint density at radius 2 is 2.11 bits per heavy atom. The molecule has 1 aromatic carbocycles. The standard InChI is InChI=1S/C13H12N4S2/c1-2-11-16-13(19-17-11)18-12-6-3-8-7-9(14)4-5-10(8)15-12/h3-7H,2,14H2,1H3. The topological polar surface area (TPSA) is 64.7 Å². The van der Waals surface area contributed by atoms with Crippen molar-refractivity contribution in [2.75, 3.05) is 5.73 Å². The van der Waals surface area contributed by atoms with E-state index >= 15 is 0 Å². The molecule has 6 heteroatoms. The van der Waals surface area contributed by atoms with Crippen LogP contribution in [0.1, 0.15) is 12.7 Å². The highest BCUT2D eigenvalue weighted by atomic mass is 32.2. The summed E-state index contributed by atoms with van der Waals surface area (Å²) in [5.74, 6) is 0.890. The van der Waals surface area contributed by atoms with Crippen LogP contribution in [-0.2, 0) is 6.42 Å². The van der Waals surface area contributed by atoms with E-state index in [0.717, 1.165) is 38.2 Å². The van der Waals surface area contributed by atoms with E-state index < -0.39 is 0 Å². The lowest BCUT2D eigenvalue weighted by Gasteiger charge is -2.01. The Balaban J connectivity index is 1.90. The van der Waals surface area contributed by atoms with Gasteiger partial charge in [-0.1, -0.05) is 13.0 Å². The number of anilines is 1. The van der Waals surface area contributed by atoms with E-state index in [9.17, 15) is 0 Å². The summed E-state index contributed by atoms with van der Waals surface area (Å²) in [4.78, 5) is 9.02. The molecule has 0 aliphatic carbocycles. The zero-order valence-electron chi connectivity index (χ0n) is 10.3. The molecule has 96 valence electrons. The first-order valence-electron chi connectivity index (χ1n) is 5.91. The van der Waals surface area contributed by atoms with Gasteiger partial charge in [-0.25, -0.2) is 9.97 Å². The molecule has 0 atom stereocenters. The van der Waals surface area contributed by atoms with Gasteiger partial charge in [-0.05, 0) is 47.6 Å². The van der Waals surface area contributed by atoms with E-state index in [1.54, 1.807) is 11.8 Å². The van der Waals surface area contributed by atoms with Crippen molar-refractivity contribution in [1.29, 1.82) is 0 Å². The molecular weight excluding hydrogens is 276 g/mol. The van der Waals surface area contributed by atoms with Gasteiger partial charge in [-0.3, -0.25) is 0 Å². The number of hydrogen-bond donors (Lipinski definition) is 1. The molecule has 19 heavy (non-hydrogen) atoms. The number of pyridine rings is 1. The van der Waals surface area contributed by atoms with Crippen molar-refractivity contribution < 1.29 is 0 Å². The minimum absolute atomic E-state index is 0.756. The van der Waals surface area contributed by atoms with Gasteiger partial charge in [-0.15, -0.1) is 0 Å². The van der Waals surface area contributed by atoms with Crippen LogP contribution in [0.3, 0.4) is 0 Å². The predicted octanol–water partition coefficient (Wildman–Crippen LogP) is 3.38. The fraction of sp³-hybridized carbons (Fsp3) is 0.154. The summed E-state index contributed by atoms with van der Waals surface area (Å²) in [7, 11) is 0. The maximum absolute atomic E-state index is 5.75. The van der Waals surface area contributed by atoms with E-state index in [0.29, 0.717) is 0 Å². The van der Waals surface area contributed by atoms with Gasteiger partial charge in [0, 0.05) is 17.5 Å². The molecule has 0 bridgehead atoms. The van der Waals surface area contributed by atoms with Crippen LogP contribution >= 0.6 is 23.3 Å². The first kappa shape index (κ1) is 12.4. The van der Waals surface area contributed by atoms with Crippen molar-refractivity contribution in [2.45, 2.75) is 22.7 Å². The van der Waals surface area contributed by atoms with Crippen molar-refractivity contribution in [1.82, 2.24) is 14.3 Å². The van der Waals surface area contributed by atoms with Crippen LogP contribution in [0.2, 0.25) is 0 Å². The van der Waals surface area contributed by atoms with Crippen molar-refractivity contribution in [2.24, 2.45) is 0 Å². The molecule has 2 aromatic heterocycles. The molecule has 0 amide bonds. The average Bonchev–Trinajstić information content (AvgIpc) is 2.86. The first-order chi connectivity index (χ1) is 9.24. The molecule has 0 spiro atoms. The summed E-state index contributed by atoms with van der Waals surface area (Å²) < 4.78 is 5.20. The number of benzene rings is 1. The van der Waals surface area contributed by atoms with Crippen LogP contribution in [0.4, 0.5) is 5.69 Å². The number of nitrogens with two attached hydrogens (primary N) is 1. The Bertz CT molecular complexity index is 723. The maximum atomic E-state index is 5.75. The molecule has 2 N–H and O–H groups in total. The van der Waals surface area contributed by atoms with Gasteiger partial charge in [0.15, 0.2) is 4.34 Å². The number of hydrogen-bond acceptors (Lipinski definition) is 6.